The van der Waals surface area contributed by atoms with E-state index < -0.39 is 5.82 Å². The second kappa shape index (κ2) is 4.45. The number of carbonyl (C=O) groups is 1. The predicted molar refractivity (Wildman–Crippen MR) is 58.0 cm³/mol. The first-order chi connectivity index (χ1) is 7.66. The van der Waals surface area contributed by atoms with Crippen LogP contribution in [0.1, 0.15) is 10.4 Å². The lowest BCUT2D eigenvalue weighted by Gasteiger charge is -2.02. The molecule has 0 bridgehead atoms. The molecule has 0 amide bonds. The lowest BCUT2D eigenvalue weighted by molar-refractivity contribution is 0.0964. The molecule has 0 saturated carbocycles. The van der Waals surface area contributed by atoms with E-state index in [4.69, 9.17) is 11.6 Å². The highest BCUT2D eigenvalue weighted by molar-refractivity contribution is 6.30. The predicted octanol–water partition coefficient (Wildman–Crippen LogP) is 2.56. The maximum Gasteiger partial charge on any atom is 0.187 e. The van der Waals surface area contributed by atoms with E-state index in [0.717, 1.165) is 0 Å². The summed E-state index contributed by atoms with van der Waals surface area (Å²) >= 11 is 5.65. The van der Waals surface area contributed by atoms with Crippen LogP contribution >= 0.6 is 11.6 Å². The van der Waals surface area contributed by atoms with Gasteiger partial charge in [-0.3, -0.25) is 9.48 Å². The van der Waals surface area contributed by atoms with Gasteiger partial charge in [0.05, 0.1) is 16.8 Å². The van der Waals surface area contributed by atoms with Gasteiger partial charge in [0.15, 0.2) is 5.78 Å². The van der Waals surface area contributed by atoms with Crippen molar-refractivity contribution in [3.63, 3.8) is 0 Å². The summed E-state index contributed by atoms with van der Waals surface area (Å²) in [5.41, 5.74) is 0.0640. The minimum absolute atomic E-state index is 0.0202. The molecular formula is C11H8ClFN2O. The lowest BCUT2D eigenvalue weighted by atomic mass is 10.1. The van der Waals surface area contributed by atoms with Gasteiger partial charge in [-0.15, -0.1) is 0 Å². The Kier molecular flexibility index (Phi) is 3.01. The quantitative estimate of drug-likeness (QED) is 0.771. The van der Waals surface area contributed by atoms with E-state index in [0.29, 0.717) is 5.02 Å². The summed E-state index contributed by atoms with van der Waals surface area (Å²) in [6, 6.07) is 5.86. The Morgan fingerprint density at radius 3 is 2.81 bits per heavy atom. The molecule has 5 heteroatoms. The van der Waals surface area contributed by atoms with Crippen LogP contribution in [0.4, 0.5) is 4.39 Å². The number of aromatic nitrogens is 2. The molecular weight excluding hydrogens is 231 g/mol. The molecule has 2 rings (SSSR count). The van der Waals surface area contributed by atoms with Gasteiger partial charge in [0.25, 0.3) is 0 Å². The molecule has 0 aliphatic carbocycles. The average molecular weight is 239 g/mol. The van der Waals surface area contributed by atoms with E-state index in [1.54, 1.807) is 6.07 Å². The second-order valence-corrected chi connectivity index (χ2v) is 3.70. The number of halogens is 2. The van der Waals surface area contributed by atoms with Crippen LogP contribution in [-0.2, 0) is 6.54 Å². The van der Waals surface area contributed by atoms with Crippen LogP contribution in [0, 0.1) is 5.82 Å². The molecule has 0 saturated heterocycles. The number of hydrogen-bond acceptors (Lipinski definition) is 2. The Morgan fingerprint density at radius 1 is 1.44 bits per heavy atom. The summed E-state index contributed by atoms with van der Waals surface area (Å²) in [5, 5.41) is 4.30. The SMILES string of the molecule is O=C(Cn1cc(Cl)cn1)c1ccccc1F. The van der Waals surface area contributed by atoms with Crippen LogP contribution in [0.2, 0.25) is 5.02 Å². The maximum atomic E-state index is 13.3. The minimum Gasteiger partial charge on any atom is -0.292 e. The summed E-state index contributed by atoms with van der Waals surface area (Å²) in [6.45, 7) is -0.0202. The van der Waals surface area contributed by atoms with E-state index >= 15 is 0 Å². The molecule has 82 valence electrons. The molecule has 0 spiro atoms. The van der Waals surface area contributed by atoms with Crippen LogP contribution in [0.5, 0.6) is 0 Å². The van der Waals surface area contributed by atoms with Crippen molar-refractivity contribution in [2.24, 2.45) is 0 Å². The number of ketones is 1. The summed E-state index contributed by atoms with van der Waals surface area (Å²) in [7, 11) is 0. The van der Waals surface area contributed by atoms with E-state index in [-0.39, 0.29) is 17.9 Å². The van der Waals surface area contributed by atoms with Gasteiger partial charge in [0.2, 0.25) is 0 Å². The maximum absolute atomic E-state index is 13.3. The summed E-state index contributed by atoms with van der Waals surface area (Å²) in [6.07, 6.45) is 2.94. The molecule has 0 atom stereocenters. The van der Waals surface area contributed by atoms with Crippen molar-refractivity contribution in [1.29, 1.82) is 0 Å². The van der Waals surface area contributed by atoms with Gasteiger partial charge in [-0.05, 0) is 12.1 Å². The normalized spacial score (nSPS) is 10.4. The zero-order valence-corrected chi connectivity index (χ0v) is 8.99. The van der Waals surface area contributed by atoms with Gasteiger partial charge >= 0.3 is 0 Å². The van der Waals surface area contributed by atoms with Crippen molar-refractivity contribution in [1.82, 2.24) is 9.78 Å². The highest BCUT2D eigenvalue weighted by Crippen LogP contribution is 2.10. The molecule has 3 nitrogen and oxygen atoms in total. The van der Waals surface area contributed by atoms with Crippen molar-refractivity contribution in [2.75, 3.05) is 0 Å². The van der Waals surface area contributed by atoms with Crippen molar-refractivity contribution in [2.45, 2.75) is 6.54 Å². The molecule has 0 unspecified atom stereocenters. The van der Waals surface area contributed by atoms with Gasteiger partial charge in [0, 0.05) is 6.20 Å². The molecule has 2 aromatic rings. The second-order valence-electron chi connectivity index (χ2n) is 3.26. The third kappa shape index (κ3) is 2.28. The standard InChI is InChI=1S/C11H8ClFN2O/c12-8-5-14-15(6-8)7-11(16)9-3-1-2-4-10(9)13/h1-6H,7H2. The number of hydrogen-bond donors (Lipinski definition) is 0. The van der Waals surface area contributed by atoms with Crippen LogP contribution in [-0.4, -0.2) is 15.6 Å². The number of rotatable bonds is 3. The molecule has 0 aliphatic rings. The first-order valence-electron chi connectivity index (χ1n) is 4.62. The smallest absolute Gasteiger partial charge is 0.187 e. The topological polar surface area (TPSA) is 34.9 Å². The summed E-state index contributed by atoms with van der Waals surface area (Å²) < 4.78 is 14.6. The fraction of sp³-hybridized carbons (Fsp3) is 0.0909. The largest absolute Gasteiger partial charge is 0.292 e. The molecule has 0 N–H and O–H groups in total. The first-order valence-corrected chi connectivity index (χ1v) is 5.00. The summed E-state index contributed by atoms with van der Waals surface area (Å²) in [5.74, 6) is -0.858. The number of benzene rings is 1. The first kappa shape index (κ1) is 10.8. The molecule has 0 fully saturated rings. The highest BCUT2D eigenvalue weighted by atomic mass is 35.5. The fourth-order valence-corrected chi connectivity index (χ4v) is 1.50. The number of carbonyl (C=O) groups excluding carboxylic acids is 1. The van der Waals surface area contributed by atoms with Crippen molar-refractivity contribution in [3.8, 4) is 0 Å². The Hall–Kier alpha value is -1.68. The molecule has 1 aromatic heterocycles. The van der Waals surface area contributed by atoms with Gasteiger partial charge in [-0.1, -0.05) is 23.7 Å². The molecule has 0 aliphatic heterocycles. The van der Waals surface area contributed by atoms with E-state index in [1.807, 2.05) is 0 Å². The van der Waals surface area contributed by atoms with Crippen molar-refractivity contribution in [3.05, 3.63) is 53.1 Å². The monoisotopic (exact) mass is 238 g/mol. The van der Waals surface area contributed by atoms with Gasteiger partial charge < -0.3 is 0 Å². The minimum atomic E-state index is -0.522. The Labute approximate surface area is 96.5 Å². The van der Waals surface area contributed by atoms with Gasteiger partial charge in [0.1, 0.15) is 12.4 Å². The molecule has 1 aromatic carbocycles. The third-order valence-electron chi connectivity index (χ3n) is 2.08. The Bertz CT molecular complexity index is 524. The van der Waals surface area contributed by atoms with Crippen molar-refractivity contribution >= 4 is 17.4 Å². The third-order valence-corrected chi connectivity index (χ3v) is 2.28. The van der Waals surface area contributed by atoms with Gasteiger partial charge in [-0.25, -0.2) is 4.39 Å². The fourth-order valence-electron chi connectivity index (χ4n) is 1.34. The van der Waals surface area contributed by atoms with E-state index in [1.165, 1.54) is 35.3 Å². The van der Waals surface area contributed by atoms with Crippen molar-refractivity contribution < 1.29 is 9.18 Å². The Balaban J connectivity index is 2.18. The molecule has 0 radical (unpaired) electrons. The number of nitrogens with zero attached hydrogens (tertiary/aromatic N) is 2. The van der Waals surface area contributed by atoms with Crippen LogP contribution in [0.25, 0.3) is 0 Å². The Morgan fingerprint density at radius 2 is 2.19 bits per heavy atom. The summed E-state index contributed by atoms with van der Waals surface area (Å²) in [4.78, 5) is 11.7. The lowest BCUT2D eigenvalue weighted by Crippen LogP contribution is -2.12. The van der Waals surface area contributed by atoms with Gasteiger partial charge in [-0.2, -0.15) is 5.10 Å². The van der Waals surface area contributed by atoms with E-state index in [2.05, 4.69) is 5.10 Å². The zero-order valence-electron chi connectivity index (χ0n) is 8.23. The van der Waals surface area contributed by atoms with E-state index in [9.17, 15) is 9.18 Å². The van der Waals surface area contributed by atoms with Crippen LogP contribution in [0.15, 0.2) is 36.7 Å². The number of Topliss-reactive ketones (excluding diaryl/α,β-unsaturated/α-hetero) is 1. The molecule has 1 heterocycles. The van der Waals surface area contributed by atoms with Crippen LogP contribution in [0.3, 0.4) is 0 Å². The average Bonchev–Trinajstić information content (AvgIpc) is 2.64. The van der Waals surface area contributed by atoms with Crippen LogP contribution < -0.4 is 0 Å². The zero-order chi connectivity index (χ0) is 11.5. The highest BCUT2D eigenvalue weighted by Gasteiger charge is 2.11. The molecule has 16 heavy (non-hydrogen) atoms.